The Kier molecular flexibility index (Phi) is 6.95. The average Bonchev–Trinajstić information content (AvgIpc) is 3.16. The SMILES string of the molecule is CC(=O)OCC1OCC(OC(C)=O)C(n2cc(-c3cccc(F)c3)nn2)C1OC(C)=O. The molecule has 3 rings (SSSR count). The molecule has 0 bridgehead atoms. The lowest BCUT2D eigenvalue weighted by molar-refractivity contribution is -0.205. The number of carbonyl (C=O) groups is 3. The molecule has 2 heterocycles. The van der Waals surface area contributed by atoms with Crippen molar-refractivity contribution in [1.82, 2.24) is 15.0 Å². The van der Waals surface area contributed by atoms with Gasteiger partial charge in [0, 0.05) is 26.3 Å². The van der Waals surface area contributed by atoms with Crippen molar-refractivity contribution in [3.63, 3.8) is 0 Å². The van der Waals surface area contributed by atoms with Crippen LogP contribution in [0.15, 0.2) is 30.5 Å². The number of hydrogen-bond acceptors (Lipinski definition) is 9. The number of rotatable bonds is 6. The number of nitrogens with zero attached hydrogens (tertiary/aromatic N) is 3. The van der Waals surface area contributed by atoms with Crippen molar-refractivity contribution < 1.29 is 37.7 Å². The quantitative estimate of drug-likeness (QED) is 0.490. The van der Waals surface area contributed by atoms with Gasteiger partial charge in [0.1, 0.15) is 30.3 Å². The molecule has 0 spiro atoms. The van der Waals surface area contributed by atoms with E-state index in [1.54, 1.807) is 6.07 Å². The van der Waals surface area contributed by atoms with Crippen LogP contribution in [0.5, 0.6) is 0 Å². The molecule has 1 aromatic carbocycles. The Morgan fingerprint density at radius 2 is 1.90 bits per heavy atom. The summed E-state index contributed by atoms with van der Waals surface area (Å²) in [5, 5.41) is 8.16. The van der Waals surface area contributed by atoms with E-state index in [4.69, 9.17) is 18.9 Å². The van der Waals surface area contributed by atoms with Crippen LogP contribution in [0.2, 0.25) is 0 Å². The van der Waals surface area contributed by atoms with Gasteiger partial charge in [0.25, 0.3) is 0 Å². The van der Waals surface area contributed by atoms with Crippen molar-refractivity contribution in [2.24, 2.45) is 0 Å². The van der Waals surface area contributed by atoms with E-state index in [0.717, 1.165) is 0 Å². The van der Waals surface area contributed by atoms with E-state index >= 15 is 0 Å². The topological polar surface area (TPSA) is 119 Å². The van der Waals surface area contributed by atoms with Crippen molar-refractivity contribution >= 4 is 17.9 Å². The molecule has 0 N–H and O–H groups in total. The van der Waals surface area contributed by atoms with Gasteiger partial charge >= 0.3 is 17.9 Å². The number of hydrogen-bond donors (Lipinski definition) is 0. The molecule has 11 heteroatoms. The highest BCUT2D eigenvalue weighted by molar-refractivity contribution is 5.67. The van der Waals surface area contributed by atoms with Crippen LogP contribution in [0.3, 0.4) is 0 Å². The van der Waals surface area contributed by atoms with E-state index in [1.807, 2.05) is 0 Å². The normalized spacial score (nSPS) is 23.1. The van der Waals surface area contributed by atoms with Gasteiger partial charge in [-0.2, -0.15) is 0 Å². The van der Waals surface area contributed by atoms with E-state index < -0.39 is 48.1 Å². The standard InChI is InChI=1S/C20H22FN3O7/c1-11(25)28-10-18-20(31-13(3)27)19(17(9-29-18)30-12(2)26)24-8-16(22-23-24)14-5-4-6-15(21)7-14/h4-8,17-20H,9-10H2,1-3H3. The third kappa shape index (κ3) is 5.63. The molecule has 2 aromatic rings. The second-order valence-electron chi connectivity index (χ2n) is 6.98. The first-order valence-electron chi connectivity index (χ1n) is 9.51. The molecule has 4 atom stereocenters. The Morgan fingerprint density at radius 1 is 1.16 bits per heavy atom. The zero-order valence-corrected chi connectivity index (χ0v) is 17.2. The minimum Gasteiger partial charge on any atom is -0.463 e. The van der Waals surface area contributed by atoms with Crippen LogP contribution in [0.25, 0.3) is 11.3 Å². The molecule has 1 aromatic heterocycles. The Labute approximate surface area is 177 Å². The molecule has 0 saturated carbocycles. The molecule has 1 aliphatic heterocycles. The Hall–Kier alpha value is -3.34. The first-order valence-corrected chi connectivity index (χ1v) is 9.51. The number of carbonyl (C=O) groups excluding carboxylic acids is 3. The predicted octanol–water partition coefficient (Wildman–Crippen LogP) is 1.45. The minimum atomic E-state index is -1.00. The lowest BCUT2D eigenvalue weighted by atomic mass is 9.97. The highest BCUT2D eigenvalue weighted by Gasteiger charge is 2.46. The van der Waals surface area contributed by atoms with Gasteiger partial charge in [-0.05, 0) is 12.1 Å². The molecule has 10 nitrogen and oxygen atoms in total. The van der Waals surface area contributed by atoms with E-state index in [-0.39, 0.29) is 13.2 Å². The molecule has 1 aliphatic rings. The van der Waals surface area contributed by atoms with Gasteiger partial charge in [-0.15, -0.1) is 5.10 Å². The van der Waals surface area contributed by atoms with Crippen LogP contribution < -0.4 is 0 Å². The van der Waals surface area contributed by atoms with Gasteiger partial charge < -0.3 is 18.9 Å². The summed E-state index contributed by atoms with van der Waals surface area (Å²) in [4.78, 5) is 34.7. The molecule has 166 valence electrons. The molecule has 0 amide bonds. The maximum atomic E-state index is 13.6. The number of benzene rings is 1. The number of ether oxygens (including phenoxy) is 4. The second kappa shape index (κ2) is 9.65. The molecule has 0 aliphatic carbocycles. The molecular formula is C20H22FN3O7. The van der Waals surface area contributed by atoms with Crippen LogP contribution in [-0.4, -0.2) is 64.4 Å². The summed E-state index contributed by atoms with van der Waals surface area (Å²) in [6, 6.07) is 4.99. The zero-order chi connectivity index (χ0) is 22.5. The molecule has 0 radical (unpaired) electrons. The summed E-state index contributed by atoms with van der Waals surface area (Å²) < 4.78 is 36.5. The van der Waals surface area contributed by atoms with Crippen molar-refractivity contribution in [2.45, 2.75) is 45.1 Å². The van der Waals surface area contributed by atoms with E-state index in [1.165, 1.54) is 49.8 Å². The summed E-state index contributed by atoms with van der Waals surface area (Å²) in [6.07, 6.45) is -1.17. The van der Waals surface area contributed by atoms with Crippen molar-refractivity contribution in [3.05, 3.63) is 36.3 Å². The highest BCUT2D eigenvalue weighted by Crippen LogP contribution is 2.32. The van der Waals surface area contributed by atoms with Crippen LogP contribution in [0.1, 0.15) is 26.8 Å². The smallest absolute Gasteiger partial charge is 0.303 e. The Balaban J connectivity index is 1.97. The van der Waals surface area contributed by atoms with Gasteiger partial charge in [0.05, 0.1) is 12.8 Å². The molecule has 4 unspecified atom stereocenters. The van der Waals surface area contributed by atoms with Crippen LogP contribution >= 0.6 is 0 Å². The lowest BCUT2D eigenvalue weighted by Crippen LogP contribution is -2.54. The fraction of sp³-hybridized carbons (Fsp3) is 0.450. The minimum absolute atomic E-state index is 0.0525. The van der Waals surface area contributed by atoms with Crippen molar-refractivity contribution in [1.29, 1.82) is 0 Å². The fourth-order valence-electron chi connectivity index (χ4n) is 3.36. The first-order chi connectivity index (χ1) is 14.7. The van der Waals surface area contributed by atoms with Gasteiger partial charge in [-0.3, -0.25) is 14.4 Å². The molecule has 1 saturated heterocycles. The first kappa shape index (κ1) is 22.3. The number of halogens is 1. The number of aromatic nitrogens is 3. The van der Waals surface area contributed by atoms with Crippen molar-refractivity contribution in [2.75, 3.05) is 13.2 Å². The van der Waals surface area contributed by atoms with Gasteiger partial charge in [0.2, 0.25) is 0 Å². The van der Waals surface area contributed by atoms with Gasteiger partial charge in [0.15, 0.2) is 12.2 Å². The summed E-state index contributed by atoms with van der Waals surface area (Å²) in [5.74, 6) is -2.14. The average molecular weight is 435 g/mol. The number of esters is 3. The molecule has 31 heavy (non-hydrogen) atoms. The van der Waals surface area contributed by atoms with E-state index in [2.05, 4.69) is 10.3 Å². The predicted molar refractivity (Wildman–Crippen MR) is 102 cm³/mol. The lowest BCUT2D eigenvalue weighted by Gasteiger charge is -2.40. The molecular weight excluding hydrogens is 413 g/mol. The monoisotopic (exact) mass is 435 g/mol. The summed E-state index contributed by atoms with van der Waals surface area (Å²) in [6.45, 7) is 3.47. The highest BCUT2D eigenvalue weighted by atomic mass is 19.1. The van der Waals surface area contributed by atoms with E-state index in [9.17, 15) is 18.8 Å². The second-order valence-corrected chi connectivity index (χ2v) is 6.98. The third-order valence-electron chi connectivity index (χ3n) is 4.56. The fourth-order valence-corrected chi connectivity index (χ4v) is 3.36. The Morgan fingerprint density at radius 3 is 2.55 bits per heavy atom. The van der Waals surface area contributed by atoms with Crippen LogP contribution in [0, 0.1) is 5.82 Å². The largest absolute Gasteiger partial charge is 0.463 e. The van der Waals surface area contributed by atoms with Crippen LogP contribution in [-0.2, 0) is 33.3 Å². The van der Waals surface area contributed by atoms with Crippen LogP contribution in [0.4, 0.5) is 4.39 Å². The summed E-state index contributed by atoms with van der Waals surface area (Å²) in [5.41, 5.74) is 0.855. The summed E-state index contributed by atoms with van der Waals surface area (Å²) >= 11 is 0. The van der Waals surface area contributed by atoms with Crippen molar-refractivity contribution in [3.8, 4) is 11.3 Å². The van der Waals surface area contributed by atoms with Gasteiger partial charge in [-0.25, -0.2) is 9.07 Å². The zero-order valence-electron chi connectivity index (χ0n) is 17.2. The maximum absolute atomic E-state index is 13.6. The van der Waals surface area contributed by atoms with E-state index in [0.29, 0.717) is 11.3 Å². The van der Waals surface area contributed by atoms with Gasteiger partial charge in [-0.1, -0.05) is 17.3 Å². The maximum Gasteiger partial charge on any atom is 0.303 e. The third-order valence-corrected chi connectivity index (χ3v) is 4.56. The summed E-state index contributed by atoms with van der Waals surface area (Å²) in [7, 11) is 0. The Bertz CT molecular complexity index is 964. The molecule has 1 fully saturated rings.